The van der Waals surface area contributed by atoms with Crippen LogP contribution in [0, 0.1) is 5.82 Å². The van der Waals surface area contributed by atoms with E-state index in [1.54, 1.807) is 48.9 Å². The van der Waals surface area contributed by atoms with Crippen molar-refractivity contribution < 1.29 is 19.0 Å². The molecule has 2 N–H and O–H groups in total. The lowest BCUT2D eigenvalue weighted by Crippen LogP contribution is -2.14. The van der Waals surface area contributed by atoms with Crippen LogP contribution in [0.5, 0.6) is 5.75 Å². The zero-order valence-electron chi connectivity index (χ0n) is 16.5. The van der Waals surface area contributed by atoms with Crippen molar-refractivity contribution >= 4 is 17.3 Å². The van der Waals surface area contributed by atoms with Gasteiger partial charge in [0.15, 0.2) is 0 Å². The first kappa shape index (κ1) is 20.7. The summed E-state index contributed by atoms with van der Waals surface area (Å²) in [6, 6.07) is 11.3. The van der Waals surface area contributed by atoms with Gasteiger partial charge in [-0.05, 0) is 48.2 Å². The predicted molar refractivity (Wildman–Crippen MR) is 115 cm³/mol. The number of ether oxygens (including phenoxy) is 1. The lowest BCUT2D eigenvalue weighted by molar-refractivity contribution is 0.0695. The number of aromatic carboxylic acids is 1. The first-order chi connectivity index (χ1) is 15.1. The van der Waals surface area contributed by atoms with E-state index in [0.717, 1.165) is 16.4 Å². The van der Waals surface area contributed by atoms with E-state index >= 15 is 0 Å². The number of H-pyrrole nitrogens is 1. The number of rotatable bonds is 9. The number of benzene rings is 2. The third kappa shape index (κ3) is 5.16. The lowest BCUT2D eigenvalue weighted by Gasteiger charge is -2.15. The molecule has 0 saturated carbocycles. The molecule has 1 unspecified atom stereocenters. The van der Waals surface area contributed by atoms with Crippen LogP contribution in [-0.2, 0) is 12.8 Å². The second kappa shape index (κ2) is 9.53. The molecule has 2 aromatic heterocycles. The van der Waals surface area contributed by atoms with Crippen molar-refractivity contribution in [3.05, 3.63) is 99.8 Å². The van der Waals surface area contributed by atoms with Crippen molar-refractivity contribution in [2.24, 2.45) is 0 Å². The Kier molecular flexibility index (Phi) is 6.37. The van der Waals surface area contributed by atoms with Gasteiger partial charge in [0.1, 0.15) is 34.9 Å². The SMILES string of the molecule is O=C(O)c1cc(OCC(c2ncc[nH]2)c2nccs2)ccc1CCc1ccc(F)cc1. The Labute approximate surface area is 182 Å². The Bertz CT molecular complexity index is 1100. The van der Waals surface area contributed by atoms with Gasteiger partial charge < -0.3 is 14.8 Å². The number of imidazole rings is 1. The number of carboxylic acid groups (broad SMARTS) is 1. The van der Waals surface area contributed by atoms with Gasteiger partial charge in [-0.3, -0.25) is 0 Å². The second-order valence-corrected chi connectivity index (χ2v) is 7.89. The molecular weight excluding hydrogens is 417 g/mol. The predicted octanol–water partition coefficient (Wildman–Crippen LogP) is 4.70. The van der Waals surface area contributed by atoms with Gasteiger partial charge >= 0.3 is 5.97 Å². The highest BCUT2D eigenvalue weighted by Crippen LogP contribution is 2.26. The van der Waals surface area contributed by atoms with Crippen molar-refractivity contribution in [2.45, 2.75) is 18.8 Å². The molecule has 0 amide bonds. The van der Waals surface area contributed by atoms with E-state index in [0.29, 0.717) is 24.2 Å². The number of aromatic nitrogens is 3. The van der Waals surface area contributed by atoms with E-state index in [2.05, 4.69) is 15.0 Å². The lowest BCUT2D eigenvalue weighted by atomic mass is 9.99. The van der Waals surface area contributed by atoms with Crippen LogP contribution in [0.3, 0.4) is 0 Å². The molecular formula is C23H20FN3O3S. The fourth-order valence-corrected chi connectivity index (χ4v) is 4.04. The van der Waals surface area contributed by atoms with Gasteiger partial charge in [0.2, 0.25) is 0 Å². The molecule has 0 aliphatic heterocycles. The molecule has 158 valence electrons. The summed E-state index contributed by atoms with van der Waals surface area (Å²) >= 11 is 1.51. The monoisotopic (exact) mass is 437 g/mol. The normalized spacial score (nSPS) is 11.9. The highest BCUT2D eigenvalue weighted by atomic mass is 32.1. The number of nitrogens with zero attached hydrogens (tertiary/aromatic N) is 2. The van der Waals surface area contributed by atoms with Gasteiger partial charge in [0, 0.05) is 24.0 Å². The number of thiazole rings is 1. The summed E-state index contributed by atoms with van der Waals surface area (Å²) in [5, 5.41) is 12.4. The van der Waals surface area contributed by atoms with Gasteiger partial charge in [-0.1, -0.05) is 18.2 Å². The maximum Gasteiger partial charge on any atom is 0.336 e. The summed E-state index contributed by atoms with van der Waals surface area (Å²) in [6.45, 7) is 0.273. The summed E-state index contributed by atoms with van der Waals surface area (Å²) in [7, 11) is 0. The minimum absolute atomic E-state index is 0.179. The number of carbonyl (C=O) groups is 1. The smallest absolute Gasteiger partial charge is 0.336 e. The molecule has 31 heavy (non-hydrogen) atoms. The number of hydrogen-bond donors (Lipinski definition) is 2. The average Bonchev–Trinajstić information content (AvgIpc) is 3.49. The Morgan fingerprint density at radius 2 is 1.97 bits per heavy atom. The van der Waals surface area contributed by atoms with E-state index < -0.39 is 5.97 Å². The Morgan fingerprint density at radius 3 is 2.65 bits per heavy atom. The number of nitrogens with one attached hydrogen (secondary N) is 1. The van der Waals surface area contributed by atoms with Crippen LogP contribution in [-0.4, -0.2) is 32.6 Å². The number of hydrogen-bond acceptors (Lipinski definition) is 5. The van der Waals surface area contributed by atoms with Crippen LogP contribution in [0.2, 0.25) is 0 Å². The van der Waals surface area contributed by atoms with Crippen LogP contribution < -0.4 is 4.74 Å². The van der Waals surface area contributed by atoms with Crippen molar-refractivity contribution in [1.29, 1.82) is 0 Å². The Balaban J connectivity index is 1.48. The highest BCUT2D eigenvalue weighted by molar-refractivity contribution is 7.09. The van der Waals surface area contributed by atoms with E-state index in [9.17, 15) is 14.3 Å². The average molecular weight is 437 g/mol. The number of carboxylic acids is 1. The second-order valence-electron chi connectivity index (χ2n) is 6.96. The van der Waals surface area contributed by atoms with Crippen LogP contribution >= 0.6 is 11.3 Å². The molecule has 8 heteroatoms. The minimum atomic E-state index is -1.01. The van der Waals surface area contributed by atoms with Crippen molar-refractivity contribution in [3.63, 3.8) is 0 Å². The van der Waals surface area contributed by atoms with Gasteiger partial charge in [-0.15, -0.1) is 11.3 Å². The van der Waals surface area contributed by atoms with Crippen molar-refractivity contribution in [3.8, 4) is 5.75 Å². The summed E-state index contributed by atoms with van der Waals surface area (Å²) in [5.41, 5.74) is 1.85. The van der Waals surface area contributed by atoms with E-state index in [4.69, 9.17) is 4.74 Å². The number of aryl methyl sites for hydroxylation is 2. The Hall–Kier alpha value is -3.52. The molecule has 0 aliphatic carbocycles. The number of halogens is 1. The molecule has 6 nitrogen and oxygen atoms in total. The molecule has 0 spiro atoms. The van der Waals surface area contributed by atoms with Gasteiger partial charge in [0.05, 0.1) is 5.56 Å². The Morgan fingerprint density at radius 1 is 1.13 bits per heavy atom. The topological polar surface area (TPSA) is 88.1 Å². The largest absolute Gasteiger partial charge is 0.492 e. The first-order valence-electron chi connectivity index (χ1n) is 9.72. The minimum Gasteiger partial charge on any atom is -0.492 e. The molecule has 0 radical (unpaired) electrons. The first-order valence-corrected chi connectivity index (χ1v) is 10.6. The fraction of sp³-hybridized carbons (Fsp3) is 0.174. The highest BCUT2D eigenvalue weighted by Gasteiger charge is 2.21. The molecule has 1 atom stereocenters. The van der Waals surface area contributed by atoms with Crippen LogP contribution in [0.4, 0.5) is 4.39 Å². The van der Waals surface area contributed by atoms with Gasteiger partial charge in [-0.2, -0.15) is 0 Å². The molecule has 0 saturated heterocycles. The summed E-state index contributed by atoms with van der Waals surface area (Å²) in [6.07, 6.45) is 6.30. The molecule has 0 fully saturated rings. The third-order valence-electron chi connectivity index (χ3n) is 4.92. The molecule has 4 aromatic rings. The standard InChI is InChI=1S/C23H20FN3O3S/c24-17-6-2-15(3-7-17)1-4-16-5-8-18(13-19(16)23(28)29)30-14-20(21-25-9-10-26-21)22-27-11-12-31-22/h2-3,5-13,20H,1,4,14H2,(H,25,26)(H,28,29). The maximum absolute atomic E-state index is 13.1. The molecule has 0 bridgehead atoms. The maximum atomic E-state index is 13.1. The van der Waals surface area contributed by atoms with Gasteiger partial charge in [0.25, 0.3) is 0 Å². The molecule has 2 aromatic carbocycles. The third-order valence-corrected chi connectivity index (χ3v) is 5.81. The molecule has 4 rings (SSSR count). The summed E-state index contributed by atoms with van der Waals surface area (Å²) in [4.78, 5) is 23.6. The summed E-state index contributed by atoms with van der Waals surface area (Å²) < 4.78 is 19.0. The summed E-state index contributed by atoms with van der Waals surface area (Å²) in [5.74, 6) is -0.272. The zero-order valence-corrected chi connectivity index (χ0v) is 17.3. The van der Waals surface area contributed by atoms with Crippen LogP contribution in [0.25, 0.3) is 0 Å². The number of aromatic amines is 1. The van der Waals surface area contributed by atoms with Crippen LogP contribution in [0.15, 0.2) is 66.4 Å². The van der Waals surface area contributed by atoms with E-state index in [1.807, 2.05) is 5.38 Å². The van der Waals surface area contributed by atoms with Crippen LogP contribution in [0.1, 0.15) is 38.2 Å². The zero-order chi connectivity index (χ0) is 21.6. The molecule has 2 heterocycles. The van der Waals surface area contributed by atoms with E-state index in [-0.39, 0.29) is 23.9 Å². The van der Waals surface area contributed by atoms with E-state index in [1.165, 1.54) is 23.5 Å². The van der Waals surface area contributed by atoms with Gasteiger partial charge in [-0.25, -0.2) is 19.2 Å². The van der Waals surface area contributed by atoms with Crippen molar-refractivity contribution in [2.75, 3.05) is 6.61 Å². The molecule has 0 aliphatic rings. The van der Waals surface area contributed by atoms with Crippen molar-refractivity contribution in [1.82, 2.24) is 15.0 Å². The quantitative estimate of drug-likeness (QED) is 0.396. The fourth-order valence-electron chi connectivity index (χ4n) is 3.31.